The van der Waals surface area contributed by atoms with E-state index >= 15 is 0 Å². The normalized spacial score (nSPS) is 10.8. The first-order valence-corrected chi connectivity index (χ1v) is 7.41. The Balaban J connectivity index is 2.17. The second-order valence-corrected chi connectivity index (χ2v) is 5.86. The molecule has 0 fully saturated rings. The van der Waals surface area contributed by atoms with Crippen LogP contribution in [0.2, 0.25) is 0 Å². The maximum Gasteiger partial charge on any atom is 0.206 e. The largest absolute Gasteiger partial charge is 0.378 e. The van der Waals surface area contributed by atoms with Crippen LogP contribution in [-0.2, 0) is 11.3 Å². The summed E-state index contributed by atoms with van der Waals surface area (Å²) < 4.78 is 5.09. The van der Waals surface area contributed by atoms with Crippen molar-refractivity contribution in [1.29, 1.82) is 0 Å². The van der Waals surface area contributed by atoms with Gasteiger partial charge in [-0.1, -0.05) is 18.3 Å². The first kappa shape index (κ1) is 13.4. The van der Waals surface area contributed by atoms with E-state index in [1.165, 1.54) is 0 Å². The van der Waals surface area contributed by atoms with E-state index in [9.17, 15) is 0 Å². The predicted octanol–water partition coefficient (Wildman–Crippen LogP) is 2.94. The van der Waals surface area contributed by atoms with Crippen molar-refractivity contribution in [3.05, 3.63) is 10.7 Å². The highest BCUT2D eigenvalue weighted by molar-refractivity contribution is 7.23. The molecule has 2 aromatic rings. The Bertz CT molecular complexity index is 509. The molecule has 18 heavy (non-hydrogen) atoms. The molecule has 98 valence electrons. The van der Waals surface area contributed by atoms with E-state index in [2.05, 4.69) is 27.4 Å². The number of aryl methyl sites for hydroxylation is 1. The molecule has 0 spiro atoms. The Morgan fingerprint density at radius 2 is 2.11 bits per heavy atom. The summed E-state index contributed by atoms with van der Waals surface area (Å²) in [7, 11) is 1.67. The molecule has 0 aromatic carbocycles. The highest BCUT2D eigenvalue weighted by Crippen LogP contribution is 2.33. The fourth-order valence-electron chi connectivity index (χ4n) is 1.45. The Labute approximate surface area is 114 Å². The number of nitrogens with one attached hydrogen (secondary N) is 1. The van der Waals surface area contributed by atoms with Gasteiger partial charge >= 0.3 is 0 Å². The molecule has 0 saturated heterocycles. The van der Waals surface area contributed by atoms with E-state index in [4.69, 9.17) is 4.74 Å². The Hall–Kier alpha value is -1.05. The summed E-state index contributed by atoms with van der Waals surface area (Å²) in [5, 5.41) is 14.3. The van der Waals surface area contributed by atoms with Gasteiger partial charge in [0.2, 0.25) is 5.13 Å². The van der Waals surface area contributed by atoms with Crippen molar-refractivity contribution < 1.29 is 4.74 Å². The van der Waals surface area contributed by atoms with Gasteiger partial charge in [-0.15, -0.1) is 21.5 Å². The summed E-state index contributed by atoms with van der Waals surface area (Å²) in [5.41, 5.74) is 0.991. The third-order valence-electron chi connectivity index (χ3n) is 2.25. The number of aromatic nitrogens is 3. The van der Waals surface area contributed by atoms with E-state index in [0.29, 0.717) is 6.61 Å². The second kappa shape index (κ2) is 6.21. The van der Waals surface area contributed by atoms with Crippen molar-refractivity contribution in [2.75, 3.05) is 19.0 Å². The van der Waals surface area contributed by atoms with Gasteiger partial charge in [0.25, 0.3) is 0 Å². The van der Waals surface area contributed by atoms with Crippen molar-refractivity contribution in [1.82, 2.24) is 15.2 Å². The average molecular weight is 284 g/mol. The van der Waals surface area contributed by atoms with Gasteiger partial charge in [0.05, 0.1) is 17.2 Å². The maximum atomic E-state index is 5.09. The second-order valence-electron chi connectivity index (χ2n) is 3.79. The standard InChI is InChI=1S/C11H16N4OS2/c1-4-5-12-11-15-14-10(18-11)9-7(2)13-8(17-9)6-16-3/h4-6H2,1-3H3,(H,12,15). The number of hydrogen-bond donors (Lipinski definition) is 1. The zero-order valence-electron chi connectivity index (χ0n) is 10.7. The Morgan fingerprint density at radius 3 is 2.83 bits per heavy atom. The number of ether oxygens (including phenoxy) is 1. The molecule has 0 saturated carbocycles. The molecule has 0 unspecified atom stereocenters. The smallest absolute Gasteiger partial charge is 0.206 e. The fourth-order valence-corrected chi connectivity index (χ4v) is 3.38. The molecule has 0 aliphatic heterocycles. The van der Waals surface area contributed by atoms with Gasteiger partial charge in [-0.05, 0) is 13.3 Å². The average Bonchev–Trinajstić information content (AvgIpc) is 2.94. The molecule has 5 nitrogen and oxygen atoms in total. The third kappa shape index (κ3) is 3.04. The van der Waals surface area contributed by atoms with Crippen molar-refractivity contribution >= 4 is 27.8 Å². The minimum Gasteiger partial charge on any atom is -0.378 e. The molecule has 2 rings (SSSR count). The van der Waals surface area contributed by atoms with Crippen LogP contribution in [0, 0.1) is 6.92 Å². The van der Waals surface area contributed by atoms with Crippen LogP contribution in [0.5, 0.6) is 0 Å². The number of nitrogens with zero attached hydrogens (tertiary/aromatic N) is 3. The molecule has 7 heteroatoms. The number of anilines is 1. The van der Waals surface area contributed by atoms with Crippen molar-refractivity contribution in [2.45, 2.75) is 26.9 Å². The van der Waals surface area contributed by atoms with Gasteiger partial charge in [0.1, 0.15) is 5.01 Å². The van der Waals surface area contributed by atoms with Gasteiger partial charge in [-0.2, -0.15) is 0 Å². The van der Waals surface area contributed by atoms with E-state index < -0.39 is 0 Å². The van der Waals surface area contributed by atoms with Gasteiger partial charge < -0.3 is 10.1 Å². The van der Waals surface area contributed by atoms with E-state index in [1.54, 1.807) is 29.8 Å². The fraction of sp³-hybridized carbons (Fsp3) is 0.545. The van der Waals surface area contributed by atoms with Crippen LogP contribution in [-0.4, -0.2) is 28.8 Å². The quantitative estimate of drug-likeness (QED) is 0.883. The first-order valence-electron chi connectivity index (χ1n) is 5.77. The van der Waals surface area contributed by atoms with Crippen LogP contribution in [0.3, 0.4) is 0 Å². The lowest BCUT2D eigenvalue weighted by molar-refractivity contribution is 0.184. The summed E-state index contributed by atoms with van der Waals surface area (Å²) >= 11 is 3.19. The lowest BCUT2D eigenvalue weighted by Gasteiger charge is -1.95. The lowest BCUT2D eigenvalue weighted by atomic mass is 10.4. The minimum atomic E-state index is 0.547. The minimum absolute atomic E-state index is 0.547. The Kier molecular flexibility index (Phi) is 4.62. The molecule has 0 aliphatic rings. The van der Waals surface area contributed by atoms with Gasteiger partial charge in [0.15, 0.2) is 5.01 Å². The van der Waals surface area contributed by atoms with E-state index in [-0.39, 0.29) is 0 Å². The third-order valence-corrected chi connectivity index (χ3v) is 4.42. The molecule has 2 heterocycles. The van der Waals surface area contributed by atoms with E-state index in [1.807, 2.05) is 6.92 Å². The number of hydrogen-bond acceptors (Lipinski definition) is 7. The summed E-state index contributed by atoms with van der Waals surface area (Å²) in [6.07, 6.45) is 1.08. The Morgan fingerprint density at radius 1 is 1.28 bits per heavy atom. The summed E-state index contributed by atoms with van der Waals surface area (Å²) in [6.45, 7) is 5.58. The lowest BCUT2D eigenvalue weighted by Crippen LogP contribution is -1.98. The molecule has 0 aliphatic carbocycles. The topological polar surface area (TPSA) is 59.9 Å². The van der Waals surface area contributed by atoms with Gasteiger partial charge in [-0.3, -0.25) is 0 Å². The molecule has 0 bridgehead atoms. The van der Waals surface area contributed by atoms with Crippen LogP contribution in [0.1, 0.15) is 24.0 Å². The van der Waals surface area contributed by atoms with Crippen LogP contribution in [0.4, 0.5) is 5.13 Å². The van der Waals surface area contributed by atoms with Gasteiger partial charge in [-0.25, -0.2) is 4.98 Å². The molecule has 1 N–H and O–H groups in total. The summed E-state index contributed by atoms with van der Waals surface area (Å²) in [5.74, 6) is 0. The molecule has 0 atom stereocenters. The van der Waals surface area contributed by atoms with Crippen LogP contribution in [0.15, 0.2) is 0 Å². The van der Waals surface area contributed by atoms with E-state index in [0.717, 1.165) is 38.7 Å². The molecule has 2 aromatic heterocycles. The van der Waals surface area contributed by atoms with Gasteiger partial charge in [0, 0.05) is 13.7 Å². The number of rotatable bonds is 6. The first-order chi connectivity index (χ1) is 8.74. The summed E-state index contributed by atoms with van der Waals surface area (Å²) in [6, 6.07) is 0. The number of thiazole rings is 1. The van der Waals surface area contributed by atoms with Crippen molar-refractivity contribution in [3.8, 4) is 9.88 Å². The highest BCUT2D eigenvalue weighted by Gasteiger charge is 2.14. The van der Waals surface area contributed by atoms with Crippen molar-refractivity contribution in [2.24, 2.45) is 0 Å². The van der Waals surface area contributed by atoms with Crippen LogP contribution in [0.25, 0.3) is 9.88 Å². The monoisotopic (exact) mass is 284 g/mol. The highest BCUT2D eigenvalue weighted by atomic mass is 32.1. The molecular weight excluding hydrogens is 268 g/mol. The zero-order chi connectivity index (χ0) is 13.0. The molecular formula is C11H16N4OS2. The summed E-state index contributed by atoms with van der Waals surface area (Å²) in [4.78, 5) is 5.55. The molecule has 0 radical (unpaired) electrons. The molecule has 0 amide bonds. The number of methoxy groups -OCH3 is 1. The maximum absolute atomic E-state index is 5.09. The van der Waals surface area contributed by atoms with Crippen molar-refractivity contribution in [3.63, 3.8) is 0 Å². The SMILES string of the molecule is CCCNc1nnc(-c2sc(COC)nc2C)s1. The zero-order valence-corrected chi connectivity index (χ0v) is 12.3. The van der Waals surface area contributed by atoms with Crippen LogP contribution < -0.4 is 5.32 Å². The predicted molar refractivity (Wildman–Crippen MR) is 75.2 cm³/mol. The van der Waals surface area contributed by atoms with Crippen LogP contribution >= 0.6 is 22.7 Å².